The summed E-state index contributed by atoms with van der Waals surface area (Å²) in [7, 11) is 0. The number of carbonyl (C=O) groups excluding carboxylic acids is 1. The fourth-order valence-electron chi connectivity index (χ4n) is 0.0655. The van der Waals surface area contributed by atoms with Gasteiger partial charge in [-0.3, -0.25) is 0 Å². The molecule has 7 heavy (non-hydrogen) atoms. The van der Waals surface area contributed by atoms with Crippen molar-refractivity contribution in [2.24, 2.45) is 0 Å². The predicted molar refractivity (Wildman–Crippen MR) is 27.3 cm³/mol. The van der Waals surface area contributed by atoms with Crippen molar-refractivity contribution in [3.8, 4) is 0 Å². The Balaban J connectivity index is 0. The first kappa shape index (κ1) is 10.2. The molecule has 0 amide bonds. The second-order valence-electron chi connectivity index (χ2n) is 0.538. The van der Waals surface area contributed by atoms with Crippen LogP contribution >= 0.6 is 15.9 Å². The molecule has 0 radical (unpaired) electrons. The van der Waals surface area contributed by atoms with E-state index in [1.165, 1.54) is 11.3 Å². The quantitative estimate of drug-likeness (QED) is 0.351. The SMILES string of the molecule is O=[C-]C=C=CBr.[Cr]. The van der Waals surface area contributed by atoms with Gasteiger partial charge in [-0.2, -0.15) is 6.08 Å². The minimum atomic E-state index is 0. The van der Waals surface area contributed by atoms with Crippen molar-refractivity contribution in [3.05, 3.63) is 16.8 Å². The van der Waals surface area contributed by atoms with Gasteiger partial charge in [0.05, 0.1) is 0 Å². The van der Waals surface area contributed by atoms with Gasteiger partial charge in [0, 0.05) is 17.4 Å². The van der Waals surface area contributed by atoms with Gasteiger partial charge in [0.2, 0.25) is 0 Å². The van der Waals surface area contributed by atoms with Gasteiger partial charge >= 0.3 is 0 Å². The second kappa shape index (κ2) is 9.51. The molecule has 0 heterocycles. The van der Waals surface area contributed by atoms with Crippen LogP contribution in [0.2, 0.25) is 0 Å². The Morgan fingerprint density at radius 3 is 2.43 bits per heavy atom. The molecule has 0 fully saturated rings. The largest absolute Gasteiger partial charge is 0.418 e. The van der Waals surface area contributed by atoms with E-state index in [9.17, 15) is 4.79 Å². The molecule has 0 atom stereocenters. The van der Waals surface area contributed by atoms with E-state index in [1.807, 2.05) is 0 Å². The minimum absolute atomic E-state index is 0. The predicted octanol–water partition coefficient (Wildman–Crippen LogP) is 1.16. The van der Waals surface area contributed by atoms with Crippen molar-refractivity contribution in [2.45, 2.75) is 0 Å². The van der Waals surface area contributed by atoms with Gasteiger partial charge in [-0.05, 0) is 6.29 Å². The summed E-state index contributed by atoms with van der Waals surface area (Å²) in [5, 5.41) is 0. The monoisotopic (exact) mass is 197 g/mol. The zero-order chi connectivity index (χ0) is 4.83. The van der Waals surface area contributed by atoms with Gasteiger partial charge in [-0.15, -0.1) is 0 Å². The third-order valence-corrected chi connectivity index (χ3v) is 0.470. The molecule has 0 saturated carbocycles. The van der Waals surface area contributed by atoms with Crippen LogP contribution in [0.15, 0.2) is 16.8 Å². The van der Waals surface area contributed by atoms with Gasteiger partial charge < -0.3 is 10.5 Å². The Bertz CT molecular complexity index is 93.9. The fourth-order valence-corrected chi connectivity index (χ4v) is 0.198. The van der Waals surface area contributed by atoms with Crippen LogP contribution in [-0.2, 0) is 22.2 Å². The maximum Gasteiger partial charge on any atom is 0 e. The average Bonchev–Trinajstić information content (AvgIpc) is 1.61. The summed E-state index contributed by atoms with van der Waals surface area (Å²) in [5.41, 5.74) is 2.44. The molecule has 0 rings (SSSR count). The summed E-state index contributed by atoms with van der Waals surface area (Å²) in [4.78, 5) is 10.7. The van der Waals surface area contributed by atoms with Gasteiger partial charge in [0.15, 0.2) is 0 Å². The Morgan fingerprint density at radius 2 is 2.29 bits per heavy atom. The Kier molecular flexibility index (Phi) is 13.9. The Morgan fingerprint density at radius 1 is 1.71 bits per heavy atom. The topological polar surface area (TPSA) is 17.1 Å². The Labute approximate surface area is 61.4 Å². The third kappa shape index (κ3) is 10.7. The maximum absolute atomic E-state index is 9.28. The van der Waals surface area contributed by atoms with Crippen molar-refractivity contribution in [1.82, 2.24) is 0 Å². The van der Waals surface area contributed by atoms with Crippen molar-refractivity contribution in [3.63, 3.8) is 0 Å². The number of allylic oxidation sites excluding steroid dienone is 1. The fraction of sp³-hybridized carbons (Fsp3) is 0. The molecule has 38 valence electrons. The molecule has 0 aliphatic rings. The smallest absolute Gasteiger partial charge is 0 e. The van der Waals surface area contributed by atoms with Gasteiger partial charge in [0.1, 0.15) is 0 Å². The van der Waals surface area contributed by atoms with Crippen molar-refractivity contribution >= 4 is 22.2 Å². The molecule has 3 heteroatoms. The molecule has 0 aliphatic heterocycles. The minimum Gasteiger partial charge on any atom is -0.418 e. The molecule has 0 N–H and O–H groups in total. The van der Waals surface area contributed by atoms with Crippen LogP contribution in [0.3, 0.4) is 0 Å². The van der Waals surface area contributed by atoms with E-state index in [1.54, 1.807) is 0 Å². The third-order valence-electron chi connectivity index (χ3n) is 0.205. The van der Waals surface area contributed by atoms with E-state index in [4.69, 9.17) is 0 Å². The first-order valence-electron chi connectivity index (χ1n) is 1.29. The second-order valence-corrected chi connectivity index (χ2v) is 0.996. The molecule has 0 aromatic rings. The summed E-state index contributed by atoms with van der Waals surface area (Å²) < 4.78 is 0. The van der Waals surface area contributed by atoms with Crippen LogP contribution in [0.5, 0.6) is 0 Å². The van der Waals surface area contributed by atoms with Crippen molar-refractivity contribution in [1.29, 1.82) is 0 Å². The molecule has 0 unspecified atom stereocenters. The summed E-state index contributed by atoms with van der Waals surface area (Å²) >= 11 is 2.90. The molecular weight excluding hydrogens is 196 g/mol. The van der Waals surface area contributed by atoms with Crippen LogP contribution in [0.4, 0.5) is 0 Å². The summed E-state index contributed by atoms with van der Waals surface area (Å²) in [6.07, 6.45) is 2.67. The average molecular weight is 198 g/mol. The zero-order valence-corrected chi connectivity index (χ0v) is 6.21. The summed E-state index contributed by atoms with van der Waals surface area (Å²) in [6.45, 7) is 0. The molecule has 0 spiro atoms. The molecule has 0 aromatic heterocycles. The zero-order valence-electron chi connectivity index (χ0n) is 3.35. The number of hydrogen-bond acceptors (Lipinski definition) is 1. The maximum atomic E-state index is 9.28. The van der Waals surface area contributed by atoms with E-state index in [0.717, 1.165) is 6.08 Å². The Hall–Kier alpha value is 0.202. The van der Waals surface area contributed by atoms with E-state index >= 15 is 0 Å². The molecule has 0 aromatic carbocycles. The van der Waals surface area contributed by atoms with E-state index < -0.39 is 0 Å². The molecule has 0 bridgehead atoms. The van der Waals surface area contributed by atoms with Crippen molar-refractivity contribution in [2.75, 3.05) is 0 Å². The standard InChI is InChI=1S/C4H2BrO.Cr/c5-3-1-2-4-6;/h2-3H;/q-1;. The number of hydrogen-bond donors (Lipinski definition) is 0. The van der Waals surface area contributed by atoms with Crippen LogP contribution in [-0.4, -0.2) is 6.29 Å². The first-order chi connectivity index (χ1) is 2.91. The summed E-state index contributed by atoms with van der Waals surface area (Å²) in [6, 6.07) is 0. The number of rotatable bonds is 1. The normalized spacial score (nSPS) is 4.71. The van der Waals surface area contributed by atoms with Gasteiger partial charge in [0.25, 0.3) is 0 Å². The number of halogens is 1. The van der Waals surface area contributed by atoms with Crippen LogP contribution in [0.1, 0.15) is 0 Å². The van der Waals surface area contributed by atoms with Crippen LogP contribution in [0, 0.1) is 0 Å². The van der Waals surface area contributed by atoms with E-state index in [0.29, 0.717) is 0 Å². The van der Waals surface area contributed by atoms with Crippen LogP contribution < -0.4 is 0 Å². The summed E-state index contributed by atoms with van der Waals surface area (Å²) in [5.74, 6) is 0. The van der Waals surface area contributed by atoms with Gasteiger partial charge in [-0.25, -0.2) is 0 Å². The first-order valence-corrected chi connectivity index (χ1v) is 2.20. The van der Waals surface area contributed by atoms with Crippen LogP contribution in [0.25, 0.3) is 0 Å². The van der Waals surface area contributed by atoms with E-state index in [2.05, 4.69) is 21.7 Å². The van der Waals surface area contributed by atoms with Gasteiger partial charge in [-0.1, -0.05) is 20.9 Å². The van der Waals surface area contributed by atoms with E-state index in [-0.39, 0.29) is 17.4 Å². The molecule has 0 saturated heterocycles. The molecule has 1 nitrogen and oxygen atoms in total. The van der Waals surface area contributed by atoms with Crippen molar-refractivity contribution < 1.29 is 22.2 Å². The molecular formula is C4H2BrCrO-. The molecule has 0 aliphatic carbocycles.